The molecule has 0 amide bonds. The van der Waals surface area contributed by atoms with Crippen LogP contribution in [0.2, 0.25) is 0 Å². The normalized spacial score (nSPS) is 37.1. The zero-order valence-corrected chi connectivity index (χ0v) is 26.1. The average molecular weight is 543 g/mol. The first kappa shape index (κ1) is 29.4. The van der Waals surface area contributed by atoms with Crippen LogP contribution in [0.1, 0.15) is 105 Å². The van der Waals surface area contributed by atoms with Crippen LogP contribution in [0.25, 0.3) is 6.08 Å². The van der Waals surface area contributed by atoms with Gasteiger partial charge in [-0.2, -0.15) is 0 Å². The van der Waals surface area contributed by atoms with E-state index in [1.807, 2.05) is 36.4 Å². The maximum atomic E-state index is 12.6. The summed E-state index contributed by atoms with van der Waals surface area (Å²) in [6.07, 6.45) is 22.3. The Morgan fingerprint density at radius 1 is 1.00 bits per heavy atom. The van der Waals surface area contributed by atoms with Gasteiger partial charge in [-0.25, -0.2) is 4.79 Å². The zero-order valence-electron chi connectivity index (χ0n) is 26.1. The van der Waals surface area contributed by atoms with Crippen molar-refractivity contribution in [2.45, 2.75) is 105 Å². The number of carbonyl (C=O) groups excluding carboxylic acids is 1. The van der Waals surface area contributed by atoms with Crippen molar-refractivity contribution in [2.75, 3.05) is 0 Å². The summed E-state index contributed by atoms with van der Waals surface area (Å²) in [5.74, 6) is 5.17. The monoisotopic (exact) mass is 542 g/mol. The Morgan fingerprint density at radius 2 is 1.77 bits per heavy atom. The molecule has 5 rings (SSSR count). The molecule has 9 atom stereocenters. The Labute approximate surface area is 244 Å². The molecule has 0 aliphatic heterocycles. The van der Waals surface area contributed by atoms with Gasteiger partial charge in [-0.15, -0.1) is 0 Å². The van der Waals surface area contributed by atoms with E-state index in [-0.39, 0.29) is 17.5 Å². The Morgan fingerprint density at radius 3 is 2.50 bits per heavy atom. The SMILES string of the molecule is CC[C@H](C=C[C@@H](C)[C@H]1CC[C@H]2[C@@H]3CC=C4C[C@@H](OC(=O)/C=C/c5ccccc5)CC[C@]4(C)[C@H]3CC[C@]12C)C(C)C. The van der Waals surface area contributed by atoms with Gasteiger partial charge >= 0.3 is 5.97 Å². The van der Waals surface area contributed by atoms with Crippen molar-refractivity contribution in [1.29, 1.82) is 0 Å². The van der Waals surface area contributed by atoms with E-state index in [0.29, 0.717) is 17.3 Å². The Balaban J connectivity index is 1.24. The van der Waals surface area contributed by atoms with Gasteiger partial charge in [0, 0.05) is 12.5 Å². The third-order valence-corrected chi connectivity index (χ3v) is 12.3. The molecule has 1 aromatic rings. The Kier molecular flexibility index (Phi) is 8.84. The Bertz CT molecular complexity index is 1110. The molecule has 2 nitrogen and oxygen atoms in total. The van der Waals surface area contributed by atoms with Crippen molar-refractivity contribution in [2.24, 2.45) is 52.3 Å². The fourth-order valence-corrected chi connectivity index (χ4v) is 9.85. The van der Waals surface area contributed by atoms with Gasteiger partial charge in [0.1, 0.15) is 6.10 Å². The van der Waals surface area contributed by atoms with E-state index in [2.05, 4.69) is 59.8 Å². The van der Waals surface area contributed by atoms with Gasteiger partial charge in [-0.3, -0.25) is 0 Å². The molecule has 0 spiro atoms. The average Bonchev–Trinajstić information content (AvgIpc) is 3.30. The standard InChI is InChI=1S/C38H54O2/c1-7-29(26(2)3)15-13-27(4)33-18-19-34-32-17-16-30-25-31(40-36(39)20-14-28-11-9-8-10-12-28)21-23-37(30,5)35(32)22-24-38(33,34)6/h8-16,20,26-27,29,31-35H,7,17-19,21-25H2,1-6H3/b15-13?,20-14+/t27-,29-,31+,32+,33-,34+,35+,37+,38-/m1/s1. The van der Waals surface area contributed by atoms with Crippen LogP contribution in [0.3, 0.4) is 0 Å². The topological polar surface area (TPSA) is 26.3 Å². The van der Waals surface area contributed by atoms with Crippen LogP contribution in [0, 0.1) is 52.3 Å². The smallest absolute Gasteiger partial charge is 0.331 e. The molecule has 3 saturated carbocycles. The van der Waals surface area contributed by atoms with Crippen molar-refractivity contribution in [3.63, 3.8) is 0 Å². The number of rotatable bonds is 8. The summed E-state index contributed by atoms with van der Waals surface area (Å²) >= 11 is 0. The highest BCUT2D eigenvalue weighted by molar-refractivity contribution is 5.87. The molecule has 0 heterocycles. The van der Waals surface area contributed by atoms with Crippen molar-refractivity contribution in [3.05, 3.63) is 65.8 Å². The Hall–Kier alpha value is -2.09. The van der Waals surface area contributed by atoms with Crippen LogP contribution in [0.4, 0.5) is 0 Å². The fourth-order valence-electron chi connectivity index (χ4n) is 9.85. The summed E-state index contributed by atoms with van der Waals surface area (Å²) in [6, 6.07) is 9.98. The molecule has 0 saturated heterocycles. The van der Waals surface area contributed by atoms with Gasteiger partial charge < -0.3 is 4.74 Å². The van der Waals surface area contributed by atoms with E-state index in [1.165, 1.54) is 38.5 Å². The molecule has 3 fully saturated rings. The second-order valence-electron chi connectivity index (χ2n) is 14.6. The molecule has 1 aromatic carbocycles. The predicted octanol–water partition coefficient (Wildman–Crippen LogP) is 10.1. The van der Waals surface area contributed by atoms with Crippen molar-refractivity contribution < 1.29 is 9.53 Å². The molecule has 0 N–H and O–H groups in total. The number of hydrogen-bond acceptors (Lipinski definition) is 2. The number of ether oxygens (including phenoxy) is 1. The fraction of sp³-hybridized carbons (Fsp3) is 0.658. The molecule has 40 heavy (non-hydrogen) atoms. The van der Waals surface area contributed by atoms with E-state index < -0.39 is 0 Å². The molecule has 0 radical (unpaired) electrons. The molecule has 4 aliphatic rings. The minimum atomic E-state index is -0.209. The van der Waals surface area contributed by atoms with Crippen LogP contribution >= 0.6 is 0 Å². The minimum Gasteiger partial charge on any atom is -0.459 e. The number of fused-ring (bicyclic) bond motifs is 5. The van der Waals surface area contributed by atoms with Crippen LogP contribution < -0.4 is 0 Å². The first-order valence-electron chi connectivity index (χ1n) is 16.5. The third kappa shape index (κ3) is 5.66. The van der Waals surface area contributed by atoms with Crippen LogP contribution in [0.5, 0.6) is 0 Å². The summed E-state index contributed by atoms with van der Waals surface area (Å²) in [7, 11) is 0. The van der Waals surface area contributed by atoms with Gasteiger partial charge in [0.05, 0.1) is 0 Å². The molecular weight excluding hydrogens is 488 g/mol. The summed E-state index contributed by atoms with van der Waals surface area (Å²) in [5, 5.41) is 0. The van der Waals surface area contributed by atoms with Gasteiger partial charge in [0.15, 0.2) is 0 Å². The van der Waals surface area contributed by atoms with Crippen molar-refractivity contribution >= 4 is 12.0 Å². The molecule has 2 heteroatoms. The highest BCUT2D eigenvalue weighted by Gasteiger charge is 2.59. The summed E-state index contributed by atoms with van der Waals surface area (Å²) in [6.45, 7) is 14.8. The lowest BCUT2D eigenvalue weighted by Crippen LogP contribution is -2.51. The quantitative estimate of drug-likeness (QED) is 0.186. The molecule has 0 bridgehead atoms. The molecule has 0 aromatic heterocycles. The maximum Gasteiger partial charge on any atom is 0.331 e. The first-order chi connectivity index (χ1) is 19.2. The second kappa shape index (κ2) is 12.0. The molecule has 4 aliphatic carbocycles. The second-order valence-corrected chi connectivity index (χ2v) is 14.6. The summed E-state index contributed by atoms with van der Waals surface area (Å²) in [4.78, 5) is 12.6. The van der Waals surface area contributed by atoms with Crippen molar-refractivity contribution in [3.8, 4) is 0 Å². The number of carbonyl (C=O) groups is 1. The molecule has 218 valence electrons. The number of hydrogen-bond donors (Lipinski definition) is 0. The summed E-state index contributed by atoms with van der Waals surface area (Å²) in [5.41, 5.74) is 3.37. The van der Waals surface area contributed by atoms with Crippen LogP contribution in [0.15, 0.2) is 60.2 Å². The van der Waals surface area contributed by atoms with Gasteiger partial charge in [-0.1, -0.05) is 95.7 Å². The van der Waals surface area contributed by atoms with Gasteiger partial charge in [0.25, 0.3) is 0 Å². The molecular formula is C38H54O2. The maximum absolute atomic E-state index is 12.6. The number of allylic oxidation sites excluding steroid dienone is 3. The van der Waals surface area contributed by atoms with Crippen LogP contribution in [-0.4, -0.2) is 12.1 Å². The lowest BCUT2D eigenvalue weighted by atomic mass is 9.47. The van der Waals surface area contributed by atoms with E-state index in [4.69, 9.17) is 4.74 Å². The van der Waals surface area contributed by atoms with Crippen LogP contribution in [-0.2, 0) is 9.53 Å². The molecule has 0 unspecified atom stereocenters. The van der Waals surface area contributed by atoms with E-state index in [9.17, 15) is 4.79 Å². The predicted molar refractivity (Wildman–Crippen MR) is 167 cm³/mol. The largest absolute Gasteiger partial charge is 0.459 e. The minimum absolute atomic E-state index is 0.0129. The van der Waals surface area contributed by atoms with Crippen molar-refractivity contribution in [1.82, 2.24) is 0 Å². The lowest BCUT2D eigenvalue weighted by Gasteiger charge is -2.58. The third-order valence-electron chi connectivity index (χ3n) is 12.3. The lowest BCUT2D eigenvalue weighted by molar-refractivity contribution is -0.145. The number of benzene rings is 1. The highest BCUT2D eigenvalue weighted by Crippen LogP contribution is 2.67. The highest BCUT2D eigenvalue weighted by atomic mass is 16.5. The number of esters is 1. The van der Waals surface area contributed by atoms with E-state index >= 15 is 0 Å². The first-order valence-corrected chi connectivity index (χ1v) is 16.5. The van der Waals surface area contributed by atoms with E-state index in [0.717, 1.165) is 54.4 Å². The van der Waals surface area contributed by atoms with Gasteiger partial charge in [-0.05, 0) is 115 Å². The van der Waals surface area contributed by atoms with E-state index in [1.54, 1.807) is 11.6 Å². The summed E-state index contributed by atoms with van der Waals surface area (Å²) < 4.78 is 5.96. The van der Waals surface area contributed by atoms with Gasteiger partial charge in [0.2, 0.25) is 0 Å². The zero-order chi connectivity index (χ0) is 28.5.